The molecule has 0 rings (SSSR count). The van der Waals surface area contributed by atoms with E-state index in [4.69, 9.17) is 4.74 Å². The predicted molar refractivity (Wildman–Crippen MR) is 161 cm³/mol. The average Bonchev–Trinajstić information content (AvgIpc) is 2.88. The van der Waals surface area contributed by atoms with Gasteiger partial charge in [-0.3, -0.25) is 4.79 Å². The van der Waals surface area contributed by atoms with Crippen LogP contribution < -0.4 is 0 Å². The highest BCUT2D eigenvalue weighted by Crippen LogP contribution is 2.21. The molecule has 0 spiro atoms. The lowest BCUT2D eigenvalue weighted by atomic mass is 9.94. The molecule has 2 atom stereocenters. The van der Waals surface area contributed by atoms with E-state index in [1.165, 1.54) is 161 Å². The Balaban J connectivity index is 3.94. The molecule has 0 aliphatic carbocycles. The Kier molecular flexibility index (Phi) is 28.6. The summed E-state index contributed by atoms with van der Waals surface area (Å²) < 4.78 is 5.84. The van der Waals surface area contributed by atoms with Crippen LogP contribution in [0.2, 0.25) is 0 Å². The molecule has 0 fully saturated rings. The van der Waals surface area contributed by atoms with Crippen molar-refractivity contribution >= 4 is 5.97 Å². The summed E-state index contributed by atoms with van der Waals surface area (Å²) in [5.41, 5.74) is 0. The predicted octanol–water partition coefficient (Wildman–Crippen LogP) is 12.0. The Morgan fingerprint density at radius 3 is 1.17 bits per heavy atom. The fourth-order valence-corrected chi connectivity index (χ4v) is 5.31. The minimum Gasteiger partial charge on any atom is -0.465 e. The zero-order valence-corrected chi connectivity index (χ0v) is 25.6. The molecule has 0 N–H and O–H groups in total. The van der Waals surface area contributed by atoms with Crippen LogP contribution in [-0.4, -0.2) is 12.6 Å². The van der Waals surface area contributed by atoms with Crippen molar-refractivity contribution in [1.82, 2.24) is 0 Å². The molecule has 0 bridgehead atoms. The Morgan fingerprint density at radius 2 is 0.778 bits per heavy atom. The second-order valence-electron chi connectivity index (χ2n) is 11.8. The zero-order chi connectivity index (χ0) is 26.5. The van der Waals surface area contributed by atoms with Gasteiger partial charge in [-0.05, 0) is 25.2 Å². The highest BCUT2D eigenvalue weighted by molar-refractivity contribution is 5.71. The lowest BCUT2D eigenvalue weighted by Gasteiger charge is -2.19. The van der Waals surface area contributed by atoms with Gasteiger partial charge in [-0.15, -0.1) is 0 Å². The first-order valence-electron chi connectivity index (χ1n) is 16.8. The van der Waals surface area contributed by atoms with Crippen molar-refractivity contribution in [2.75, 3.05) is 6.61 Å². The van der Waals surface area contributed by atoms with E-state index in [9.17, 15) is 4.79 Å². The van der Waals surface area contributed by atoms with Crippen molar-refractivity contribution in [2.45, 2.75) is 195 Å². The monoisotopic (exact) mass is 509 g/mol. The van der Waals surface area contributed by atoms with Gasteiger partial charge in [0.15, 0.2) is 0 Å². The van der Waals surface area contributed by atoms with Gasteiger partial charge in [-0.2, -0.15) is 0 Å². The summed E-state index contributed by atoms with van der Waals surface area (Å²) in [7, 11) is 0. The number of carbonyl (C=O) groups excluding carboxylic acids is 1. The maximum absolute atomic E-state index is 12.6. The maximum Gasteiger partial charge on any atom is 0.308 e. The molecule has 2 nitrogen and oxygen atoms in total. The van der Waals surface area contributed by atoms with E-state index in [-0.39, 0.29) is 11.9 Å². The van der Waals surface area contributed by atoms with Crippen molar-refractivity contribution in [3.8, 4) is 0 Å². The number of rotatable bonds is 29. The quantitative estimate of drug-likeness (QED) is 0.0741. The standard InChI is InChI=1S/C34H68O2/c1-5-8-11-14-16-17-18-19-20-21-22-24-27-30-33(29-26-13-10-7-3)31-36-34(35)32(4)28-25-23-15-12-9-6-2/h32-33H,5-31H2,1-4H3. The Hall–Kier alpha value is -0.530. The molecular formula is C34H68O2. The van der Waals surface area contributed by atoms with Gasteiger partial charge >= 0.3 is 5.97 Å². The largest absolute Gasteiger partial charge is 0.465 e. The first kappa shape index (κ1) is 35.5. The lowest BCUT2D eigenvalue weighted by molar-refractivity contribution is -0.149. The first-order valence-corrected chi connectivity index (χ1v) is 16.8. The molecule has 0 aliphatic heterocycles. The normalized spacial score (nSPS) is 13.1. The van der Waals surface area contributed by atoms with E-state index in [1.807, 2.05) is 0 Å². The van der Waals surface area contributed by atoms with Gasteiger partial charge < -0.3 is 4.74 Å². The van der Waals surface area contributed by atoms with Crippen LogP contribution in [0, 0.1) is 11.8 Å². The van der Waals surface area contributed by atoms with Crippen LogP contribution in [0.15, 0.2) is 0 Å². The lowest BCUT2D eigenvalue weighted by Crippen LogP contribution is -2.20. The van der Waals surface area contributed by atoms with Crippen LogP contribution in [0.4, 0.5) is 0 Å². The van der Waals surface area contributed by atoms with E-state index in [2.05, 4.69) is 27.7 Å². The van der Waals surface area contributed by atoms with Gasteiger partial charge in [-0.1, -0.05) is 175 Å². The SMILES string of the molecule is CCCCCCCCCCCCCCCC(CCCCCC)COC(=O)C(C)CCCCCCCC. The molecule has 0 aromatic rings. The van der Waals surface area contributed by atoms with Crippen LogP contribution in [-0.2, 0) is 9.53 Å². The van der Waals surface area contributed by atoms with Crippen molar-refractivity contribution in [2.24, 2.45) is 11.8 Å². The number of ether oxygens (including phenoxy) is 1. The fourth-order valence-electron chi connectivity index (χ4n) is 5.31. The minimum absolute atomic E-state index is 0.0486. The molecule has 216 valence electrons. The highest BCUT2D eigenvalue weighted by Gasteiger charge is 2.17. The Morgan fingerprint density at radius 1 is 0.472 bits per heavy atom. The molecule has 0 aromatic heterocycles. The van der Waals surface area contributed by atoms with Crippen molar-refractivity contribution in [3.05, 3.63) is 0 Å². The molecule has 2 unspecified atom stereocenters. The third-order valence-corrected chi connectivity index (χ3v) is 8.04. The van der Waals surface area contributed by atoms with Crippen molar-refractivity contribution in [1.29, 1.82) is 0 Å². The first-order chi connectivity index (χ1) is 17.7. The zero-order valence-electron chi connectivity index (χ0n) is 25.6. The Labute approximate surface area is 228 Å². The summed E-state index contributed by atoms with van der Waals surface area (Å²) in [5.74, 6) is 0.681. The van der Waals surface area contributed by atoms with Gasteiger partial charge in [0.1, 0.15) is 0 Å². The summed E-state index contributed by atoms with van der Waals surface area (Å²) in [6, 6.07) is 0. The topological polar surface area (TPSA) is 26.3 Å². The third-order valence-electron chi connectivity index (χ3n) is 8.04. The number of carbonyl (C=O) groups is 1. The van der Waals surface area contributed by atoms with Gasteiger partial charge in [0.25, 0.3) is 0 Å². The van der Waals surface area contributed by atoms with E-state index in [0.29, 0.717) is 12.5 Å². The maximum atomic E-state index is 12.6. The van der Waals surface area contributed by atoms with E-state index < -0.39 is 0 Å². The minimum atomic E-state index is 0.0486. The van der Waals surface area contributed by atoms with E-state index in [0.717, 1.165) is 6.42 Å². The molecule has 0 amide bonds. The summed E-state index contributed by atoms with van der Waals surface area (Å²) >= 11 is 0. The van der Waals surface area contributed by atoms with Gasteiger partial charge in [0, 0.05) is 0 Å². The number of unbranched alkanes of at least 4 members (excludes halogenated alkanes) is 20. The van der Waals surface area contributed by atoms with E-state index in [1.54, 1.807) is 0 Å². The van der Waals surface area contributed by atoms with Crippen molar-refractivity contribution in [3.63, 3.8) is 0 Å². The fraction of sp³-hybridized carbons (Fsp3) is 0.971. The van der Waals surface area contributed by atoms with Crippen LogP contribution in [0.1, 0.15) is 195 Å². The van der Waals surface area contributed by atoms with Crippen LogP contribution in [0.5, 0.6) is 0 Å². The van der Waals surface area contributed by atoms with E-state index >= 15 is 0 Å². The summed E-state index contributed by atoms with van der Waals surface area (Å²) in [6.45, 7) is 9.55. The second-order valence-corrected chi connectivity index (χ2v) is 11.8. The average molecular weight is 509 g/mol. The van der Waals surface area contributed by atoms with Crippen molar-refractivity contribution < 1.29 is 9.53 Å². The van der Waals surface area contributed by atoms with Crippen LogP contribution >= 0.6 is 0 Å². The number of hydrogen-bond acceptors (Lipinski definition) is 2. The molecule has 2 heteroatoms. The van der Waals surface area contributed by atoms with Crippen LogP contribution in [0.25, 0.3) is 0 Å². The van der Waals surface area contributed by atoms with Crippen LogP contribution in [0.3, 0.4) is 0 Å². The molecule has 0 heterocycles. The highest BCUT2D eigenvalue weighted by atomic mass is 16.5. The smallest absolute Gasteiger partial charge is 0.308 e. The molecule has 0 aromatic carbocycles. The van der Waals surface area contributed by atoms with Gasteiger partial charge in [-0.25, -0.2) is 0 Å². The van der Waals surface area contributed by atoms with Gasteiger partial charge in [0.2, 0.25) is 0 Å². The Bertz CT molecular complexity index is 433. The number of hydrogen-bond donors (Lipinski definition) is 0. The molecular weight excluding hydrogens is 440 g/mol. The summed E-state index contributed by atoms with van der Waals surface area (Å²) in [6.07, 6.45) is 34.7. The second kappa shape index (κ2) is 29.0. The van der Waals surface area contributed by atoms with Gasteiger partial charge in [0.05, 0.1) is 12.5 Å². The molecule has 0 radical (unpaired) electrons. The molecule has 36 heavy (non-hydrogen) atoms. The number of esters is 1. The summed E-state index contributed by atoms with van der Waals surface area (Å²) in [4.78, 5) is 12.6. The molecule has 0 saturated heterocycles. The molecule has 0 saturated carbocycles. The third kappa shape index (κ3) is 25.1. The summed E-state index contributed by atoms with van der Waals surface area (Å²) in [5, 5.41) is 0. The molecule has 0 aliphatic rings.